The summed E-state index contributed by atoms with van der Waals surface area (Å²) in [4.78, 5) is 2.09. The Labute approximate surface area is 121 Å². The highest BCUT2D eigenvalue weighted by Crippen LogP contribution is 2.32. The van der Waals surface area contributed by atoms with Gasteiger partial charge in [-0.25, -0.2) is 4.39 Å². The Balaban J connectivity index is 2.10. The van der Waals surface area contributed by atoms with E-state index in [0.717, 1.165) is 38.1 Å². The van der Waals surface area contributed by atoms with E-state index in [1.165, 1.54) is 6.07 Å². The summed E-state index contributed by atoms with van der Waals surface area (Å²) < 4.78 is 51.4. The van der Waals surface area contributed by atoms with Crippen LogP contribution in [0.4, 0.5) is 17.6 Å². The third-order valence-electron chi connectivity index (χ3n) is 4.14. The number of alkyl halides is 3. The molecular formula is C15H20F4N2. The van der Waals surface area contributed by atoms with Gasteiger partial charge in [0.25, 0.3) is 0 Å². The van der Waals surface area contributed by atoms with Crippen LogP contribution in [0.1, 0.15) is 30.9 Å². The molecule has 0 amide bonds. The zero-order chi connectivity index (χ0) is 15.6. The Hall–Kier alpha value is -1.14. The molecule has 0 saturated carbocycles. The fraction of sp³-hybridized carbons (Fsp3) is 0.600. The van der Waals surface area contributed by atoms with Crippen molar-refractivity contribution >= 4 is 0 Å². The minimum Gasteiger partial charge on any atom is -0.327 e. The first kappa shape index (κ1) is 16.2. The molecule has 6 heteroatoms. The van der Waals surface area contributed by atoms with Crippen molar-refractivity contribution in [2.24, 2.45) is 11.7 Å². The number of likely N-dealkylation sites (tertiary alicyclic amines) is 1. The van der Waals surface area contributed by atoms with Crippen LogP contribution < -0.4 is 5.73 Å². The number of benzene rings is 1. The van der Waals surface area contributed by atoms with Gasteiger partial charge in [0.15, 0.2) is 0 Å². The zero-order valence-corrected chi connectivity index (χ0v) is 12.0. The van der Waals surface area contributed by atoms with E-state index in [2.05, 4.69) is 11.8 Å². The third-order valence-corrected chi connectivity index (χ3v) is 4.14. The molecule has 2 atom stereocenters. The van der Waals surface area contributed by atoms with Gasteiger partial charge in [-0.2, -0.15) is 13.2 Å². The molecule has 2 N–H and O–H groups in total. The Kier molecular flexibility index (Phi) is 4.88. The first-order chi connectivity index (χ1) is 9.81. The smallest absolute Gasteiger partial charge is 0.327 e. The Morgan fingerprint density at radius 2 is 2.05 bits per heavy atom. The molecule has 1 heterocycles. The van der Waals surface area contributed by atoms with Crippen LogP contribution in [-0.2, 0) is 12.7 Å². The largest absolute Gasteiger partial charge is 0.419 e. The quantitative estimate of drug-likeness (QED) is 0.867. The second-order valence-corrected chi connectivity index (χ2v) is 5.67. The van der Waals surface area contributed by atoms with Crippen molar-refractivity contribution < 1.29 is 17.6 Å². The van der Waals surface area contributed by atoms with E-state index in [1.807, 2.05) is 0 Å². The number of rotatable bonds is 3. The Morgan fingerprint density at radius 1 is 1.33 bits per heavy atom. The predicted molar refractivity (Wildman–Crippen MR) is 73.1 cm³/mol. The molecule has 1 fully saturated rings. The number of halogens is 4. The van der Waals surface area contributed by atoms with Crippen LogP contribution in [-0.4, -0.2) is 24.0 Å². The van der Waals surface area contributed by atoms with Crippen LogP contribution in [0.3, 0.4) is 0 Å². The molecule has 1 aliphatic heterocycles. The van der Waals surface area contributed by atoms with Crippen LogP contribution in [0.5, 0.6) is 0 Å². The molecule has 21 heavy (non-hydrogen) atoms. The third kappa shape index (κ3) is 3.95. The van der Waals surface area contributed by atoms with Crippen molar-refractivity contribution in [3.05, 3.63) is 35.1 Å². The normalized spacial score (nSPS) is 24.3. The van der Waals surface area contributed by atoms with Gasteiger partial charge in [0.2, 0.25) is 0 Å². The number of nitrogens with two attached hydrogens (primary N) is 1. The molecule has 2 unspecified atom stereocenters. The van der Waals surface area contributed by atoms with Crippen molar-refractivity contribution in [1.29, 1.82) is 0 Å². The van der Waals surface area contributed by atoms with Gasteiger partial charge in [-0.05, 0) is 36.6 Å². The Bertz CT molecular complexity index is 487. The molecule has 2 nitrogen and oxygen atoms in total. The number of piperidine rings is 1. The van der Waals surface area contributed by atoms with Crippen LogP contribution in [0, 0.1) is 11.7 Å². The molecule has 1 aliphatic rings. The molecule has 118 valence electrons. The summed E-state index contributed by atoms with van der Waals surface area (Å²) in [6, 6.07) is 3.38. The summed E-state index contributed by atoms with van der Waals surface area (Å²) >= 11 is 0. The number of nitrogens with zero attached hydrogens (tertiary/aromatic N) is 1. The topological polar surface area (TPSA) is 29.3 Å². The fourth-order valence-electron chi connectivity index (χ4n) is 2.85. The molecule has 1 aromatic carbocycles. The lowest BCUT2D eigenvalue weighted by molar-refractivity contribution is -0.140. The summed E-state index contributed by atoms with van der Waals surface area (Å²) in [7, 11) is 0. The lowest BCUT2D eigenvalue weighted by Crippen LogP contribution is -2.46. The van der Waals surface area contributed by atoms with Gasteiger partial charge in [-0.15, -0.1) is 0 Å². The van der Waals surface area contributed by atoms with Crippen LogP contribution >= 0.6 is 0 Å². The van der Waals surface area contributed by atoms with Crippen molar-refractivity contribution in [3.8, 4) is 0 Å². The highest BCUT2D eigenvalue weighted by atomic mass is 19.4. The molecule has 0 aliphatic carbocycles. The first-order valence-corrected chi connectivity index (χ1v) is 7.14. The van der Waals surface area contributed by atoms with E-state index >= 15 is 0 Å². The van der Waals surface area contributed by atoms with Gasteiger partial charge >= 0.3 is 6.18 Å². The molecule has 0 spiro atoms. The van der Waals surface area contributed by atoms with E-state index in [-0.39, 0.29) is 6.04 Å². The van der Waals surface area contributed by atoms with E-state index < -0.39 is 17.6 Å². The maximum atomic E-state index is 13.3. The summed E-state index contributed by atoms with van der Waals surface area (Å²) in [6.07, 6.45) is -2.86. The van der Waals surface area contributed by atoms with Crippen LogP contribution in [0.2, 0.25) is 0 Å². The molecule has 1 aromatic rings. The molecule has 0 bridgehead atoms. The molecule has 0 radical (unpaired) electrons. The summed E-state index contributed by atoms with van der Waals surface area (Å²) in [6.45, 7) is 3.99. The molecule has 1 saturated heterocycles. The monoisotopic (exact) mass is 304 g/mol. The maximum Gasteiger partial charge on any atom is 0.419 e. The second-order valence-electron chi connectivity index (χ2n) is 5.67. The molecule has 2 rings (SSSR count). The van der Waals surface area contributed by atoms with Gasteiger partial charge in [0.05, 0.1) is 5.56 Å². The highest BCUT2D eigenvalue weighted by Gasteiger charge is 2.34. The SMILES string of the molecule is CCC1CN(Cc2ccc(F)c(C(F)(F)F)c2)CCC1N. The lowest BCUT2D eigenvalue weighted by atomic mass is 9.90. The van der Waals surface area contributed by atoms with Gasteiger partial charge in [-0.3, -0.25) is 4.90 Å². The Morgan fingerprint density at radius 3 is 2.67 bits per heavy atom. The van der Waals surface area contributed by atoms with Crippen molar-refractivity contribution in [1.82, 2.24) is 4.90 Å². The van der Waals surface area contributed by atoms with Gasteiger partial charge in [0.1, 0.15) is 5.82 Å². The summed E-state index contributed by atoms with van der Waals surface area (Å²) in [5.74, 6) is -0.861. The van der Waals surface area contributed by atoms with Gasteiger partial charge in [-0.1, -0.05) is 19.4 Å². The molecule has 0 aromatic heterocycles. The fourth-order valence-corrected chi connectivity index (χ4v) is 2.85. The average molecular weight is 304 g/mol. The van der Waals surface area contributed by atoms with E-state index in [9.17, 15) is 17.6 Å². The minimum atomic E-state index is -4.66. The minimum absolute atomic E-state index is 0.158. The van der Waals surface area contributed by atoms with Crippen molar-refractivity contribution in [2.45, 2.75) is 38.5 Å². The number of hydrogen-bond acceptors (Lipinski definition) is 2. The lowest BCUT2D eigenvalue weighted by Gasteiger charge is -2.36. The second kappa shape index (κ2) is 6.32. The predicted octanol–water partition coefficient (Wildman–Crippen LogP) is 3.40. The van der Waals surface area contributed by atoms with Gasteiger partial charge < -0.3 is 5.73 Å². The van der Waals surface area contributed by atoms with Gasteiger partial charge in [0, 0.05) is 19.1 Å². The zero-order valence-electron chi connectivity index (χ0n) is 12.0. The van der Waals surface area contributed by atoms with Crippen molar-refractivity contribution in [3.63, 3.8) is 0 Å². The van der Waals surface area contributed by atoms with E-state index in [1.54, 1.807) is 0 Å². The summed E-state index contributed by atoms with van der Waals surface area (Å²) in [5.41, 5.74) is 5.31. The first-order valence-electron chi connectivity index (χ1n) is 7.14. The average Bonchev–Trinajstić information content (AvgIpc) is 2.42. The van der Waals surface area contributed by atoms with E-state index in [0.29, 0.717) is 18.0 Å². The maximum absolute atomic E-state index is 13.3. The van der Waals surface area contributed by atoms with Crippen LogP contribution in [0.25, 0.3) is 0 Å². The highest BCUT2D eigenvalue weighted by molar-refractivity contribution is 5.27. The van der Waals surface area contributed by atoms with Crippen molar-refractivity contribution in [2.75, 3.05) is 13.1 Å². The molecular weight excluding hydrogens is 284 g/mol. The number of hydrogen-bond donors (Lipinski definition) is 1. The van der Waals surface area contributed by atoms with E-state index in [4.69, 9.17) is 5.73 Å². The summed E-state index contributed by atoms with van der Waals surface area (Å²) in [5, 5.41) is 0. The van der Waals surface area contributed by atoms with Crippen LogP contribution in [0.15, 0.2) is 18.2 Å². The standard InChI is InChI=1S/C15H20F4N2/c1-2-11-9-21(6-5-14(11)20)8-10-3-4-13(16)12(7-10)15(17,18)19/h3-4,7,11,14H,2,5-6,8-9,20H2,1H3.